The molecule has 1 fully saturated rings. The fourth-order valence-electron chi connectivity index (χ4n) is 3.54. The number of piperidine rings is 1. The molecule has 0 spiro atoms. The minimum atomic E-state index is -0.589. The molecule has 1 aliphatic rings. The van der Waals surface area contributed by atoms with Crippen LogP contribution in [0.4, 0.5) is 0 Å². The van der Waals surface area contributed by atoms with E-state index in [9.17, 15) is 9.59 Å². The van der Waals surface area contributed by atoms with Crippen molar-refractivity contribution in [2.45, 2.75) is 25.7 Å². The molecule has 1 heterocycles. The lowest BCUT2D eigenvalue weighted by molar-refractivity contribution is -0.127. The van der Waals surface area contributed by atoms with Gasteiger partial charge in [0.15, 0.2) is 0 Å². The van der Waals surface area contributed by atoms with E-state index in [4.69, 9.17) is 5.21 Å². The number of amides is 2. The van der Waals surface area contributed by atoms with Gasteiger partial charge >= 0.3 is 0 Å². The number of hydrogen-bond acceptors (Lipinski definition) is 3. The predicted molar refractivity (Wildman–Crippen MR) is 114 cm³/mol. The lowest BCUT2D eigenvalue weighted by Gasteiger charge is -2.32. The van der Waals surface area contributed by atoms with Crippen LogP contribution in [0, 0.1) is 6.92 Å². The Morgan fingerprint density at radius 3 is 2.45 bits per heavy atom. The number of aryl methyl sites for hydroxylation is 1. The van der Waals surface area contributed by atoms with Crippen LogP contribution >= 0.6 is 0 Å². The molecule has 0 aromatic heterocycles. The van der Waals surface area contributed by atoms with Crippen LogP contribution in [0.5, 0.6) is 0 Å². The van der Waals surface area contributed by atoms with Gasteiger partial charge in [0, 0.05) is 31.2 Å². The first-order valence-electron chi connectivity index (χ1n) is 9.81. The predicted octanol–water partition coefficient (Wildman–Crippen LogP) is 3.93. The van der Waals surface area contributed by atoms with E-state index in [0.29, 0.717) is 5.92 Å². The number of nitrogens with zero attached hydrogens (tertiary/aromatic N) is 1. The molecule has 3 rings (SSSR count). The number of benzene rings is 2. The first kappa shape index (κ1) is 20.6. The summed E-state index contributed by atoms with van der Waals surface area (Å²) in [6, 6.07) is 16.1. The molecule has 1 saturated heterocycles. The fraction of sp³-hybridized carbons (Fsp3) is 0.250. The smallest absolute Gasteiger partial charge is 0.267 e. The standard InChI is InChI=1S/C24H26N2O3/c1-18-7-11-21(12-8-18)22-6-3-15-26(17-22)24(28)14-10-20-5-2-4-19(16-20)9-13-23(27)25-29/h2,4-5,7-14,16,22,29H,3,6,15,17H2,1H3,(H,25,27). The highest BCUT2D eigenvalue weighted by Crippen LogP contribution is 2.27. The average Bonchev–Trinajstić information content (AvgIpc) is 2.76. The molecule has 1 atom stereocenters. The molecule has 0 bridgehead atoms. The zero-order valence-electron chi connectivity index (χ0n) is 16.5. The maximum atomic E-state index is 12.7. The van der Waals surface area contributed by atoms with Gasteiger partial charge in [0.25, 0.3) is 5.91 Å². The van der Waals surface area contributed by atoms with Crippen LogP contribution in [-0.2, 0) is 9.59 Å². The third kappa shape index (κ3) is 5.90. The van der Waals surface area contributed by atoms with Crippen LogP contribution < -0.4 is 5.48 Å². The van der Waals surface area contributed by atoms with Gasteiger partial charge in [0.05, 0.1) is 0 Å². The number of rotatable bonds is 5. The number of hydrogen-bond donors (Lipinski definition) is 2. The van der Waals surface area contributed by atoms with Crippen molar-refractivity contribution < 1.29 is 14.8 Å². The summed E-state index contributed by atoms with van der Waals surface area (Å²) < 4.78 is 0. The number of carbonyl (C=O) groups excluding carboxylic acids is 2. The Balaban J connectivity index is 1.63. The number of carbonyl (C=O) groups is 2. The van der Waals surface area contributed by atoms with Crippen molar-refractivity contribution in [3.8, 4) is 0 Å². The molecule has 2 amide bonds. The molecule has 1 aliphatic heterocycles. The summed E-state index contributed by atoms with van der Waals surface area (Å²) in [4.78, 5) is 25.7. The largest absolute Gasteiger partial charge is 0.339 e. The molecule has 2 aromatic carbocycles. The van der Waals surface area contributed by atoms with E-state index in [-0.39, 0.29) is 5.91 Å². The van der Waals surface area contributed by atoms with Crippen LogP contribution in [0.15, 0.2) is 60.7 Å². The van der Waals surface area contributed by atoms with E-state index < -0.39 is 5.91 Å². The zero-order chi connectivity index (χ0) is 20.6. The Kier molecular flexibility index (Phi) is 6.98. The van der Waals surface area contributed by atoms with Crippen LogP contribution in [0.25, 0.3) is 12.2 Å². The first-order valence-corrected chi connectivity index (χ1v) is 9.81. The van der Waals surface area contributed by atoms with E-state index in [1.807, 2.05) is 29.2 Å². The Morgan fingerprint density at radius 2 is 1.76 bits per heavy atom. The second kappa shape index (κ2) is 9.85. The second-order valence-electron chi connectivity index (χ2n) is 7.35. The van der Waals surface area contributed by atoms with Crippen molar-refractivity contribution in [3.05, 3.63) is 82.9 Å². The Hall–Kier alpha value is -3.18. The van der Waals surface area contributed by atoms with Gasteiger partial charge < -0.3 is 4.90 Å². The maximum absolute atomic E-state index is 12.7. The topological polar surface area (TPSA) is 69.6 Å². The molecule has 5 heteroatoms. The van der Waals surface area contributed by atoms with Gasteiger partial charge in [0.1, 0.15) is 0 Å². The molecule has 0 saturated carbocycles. The van der Waals surface area contributed by atoms with E-state index in [2.05, 4.69) is 31.2 Å². The summed E-state index contributed by atoms with van der Waals surface area (Å²) in [5.74, 6) is -0.190. The molecule has 29 heavy (non-hydrogen) atoms. The fourth-order valence-corrected chi connectivity index (χ4v) is 3.54. The van der Waals surface area contributed by atoms with E-state index in [0.717, 1.165) is 37.1 Å². The normalized spacial score (nSPS) is 17.0. The van der Waals surface area contributed by atoms with Crippen molar-refractivity contribution >= 4 is 24.0 Å². The van der Waals surface area contributed by atoms with Crippen LogP contribution in [0.1, 0.15) is 41.0 Å². The number of hydroxylamine groups is 1. The van der Waals surface area contributed by atoms with Gasteiger partial charge in [-0.3, -0.25) is 14.8 Å². The molecular formula is C24H26N2O3. The molecule has 0 radical (unpaired) electrons. The highest BCUT2D eigenvalue weighted by atomic mass is 16.5. The highest BCUT2D eigenvalue weighted by molar-refractivity contribution is 5.92. The molecule has 5 nitrogen and oxygen atoms in total. The Morgan fingerprint density at radius 1 is 1.07 bits per heavy atom. The van der Waals surface area contributed by atoms with Crippen molar-refractivity contribution in [3.63, 3.8) is 0 Å². The van der Waals surface area contributed by atoms with Crippen molar-refractivity contribution in [1.82, 2.24) is 10.4 Å². The summed E-state index contributed by atoms with van der Waals surface area (Å²) in [7, 11) is 0. The molecule has 0 aliphatic carbocycles. The minimum absolute atomic E-state index is 0.0161. The van der Waals surface area contributed by atoms with Crippen molar-refractivity contribution in [2.75, 3.05) is 13.1 Å². The lowest BCUT2D eigenvalue weighted by Crippen LogP contribution is -2.38. The Labute approximate surface area is 171 Å². The summed E-state index contributed by atoms with van der Waals surface area (Å²) >= 11 is 0. The minimum Gasteiger partial charge on any atom is -0.339 e. The SMILES string of the molecule is Cc1ccc(C2CCCN(C(=O)C=Cc3cccc(C=CC(=O)NO)c3)C2)cc1. The van der Waals surface area contributed by atoms with Gasteiger partial charge in [-0.05, 0) is 54.7 Å². The molecule has 150 valence electrons. The van der Waals surface area contributed by atoms with E-state index >= 15 is 0 Å². The summed E-state index contributed by atoms with van der Waals surface area (Å²) in [5.41, 5.74) is 5.77. The Bertz CT molecular complexity index is 916. The van der Waals surface area contributed by atoms with Gasteiger partial charge in [0.2, 0.25) is 5.91 Å². The lowest BCUT2D eigenvalue weighted by atomic mass is 9.90. The molecular weight excluding hydrogens is 364 g/mol. The average molecular weight is 390 g/mol. The van der Waals surface area contributed by atoms with Crippen molar-refractivity contribution in [1.29, 1.82) is 0 Å². The number of nitrogens with one attached hydrogen (secondary N) is 1. The van der Waals surface area contributed by atoms with E-state index in [1.54, 1.807) is 23.7 Å². The monoisotopic (exact) mass is 390 g/mol. The van der Waals surface area contributed by atoms with Gasteiger partial charge in [-0.25, -0.2) is 5.48 Å². The van der Waals surface area contributed by atoms with Gasteiger partial charge in [-0.15, -0.1) is 0 Å². The van der Waals surface area contributed by atoms with Gasteiger partial charge in [-0.1, -0.05) is 48.0 Å². The zero-order valence-corrected chi connectivity index (χ0v) is 16.5. The van der Waals surface area contributed by atoms with Crippen LogP contribution in [0.2, 0.25) is 0 Å². The van der Waals surface area contributed by atoms with E-state index in [1.165, 1.54) is 17.2 Å². The molecule has 2 aromatic rings. The first-order chi connectivity index (χ1) is 14.0. The molecule has 2 N–H and O–H groups in total. The highest BCUT2D eigenvalue weighted by Gasteiger charge is 2.23. The summed E-state index contributed by atoms with van der Waals surface area (Å²) in [6.45, 7) is 3.60. The van der Waals surface area contributed by atoms with Gasteiger partial charge in [-0.2, -0.15) is 0 Å². The number of likely N-dealkylation sites (tertiary alicyclic amines) is 1. The third-order valence-corrected chi connectivity index (χ3v) is 5.15. The maximum Gasteiger partial charge on any atom is 0.267 e. The van der Waals surface area contributed by atoms with Crippen LogP contribution in [-0.4, -0.2) is 35.0 Å². The quantitative estimate of drug-likeness (QED) is 0.462. The summed E-state index contributed by atoms with van der Waals surface area (Å²) in [6.07, 6.45) is 8.36. The third-order valence-electron chi connectivity index (χ3n) is 5.15. The summed E-state index contributed by atoms with van der Waals surface area (Å²) in [5, 5.41) is 8.54. The molecule has 1 unspecified atom stereocenters. The van der Waals surface area contributed by atoms with Crippen molar-refractivity contribution in [2.24, 2.45) is 0 Å². The van der Waals surface area contributed by atoms with Crippen LogP contribution in [0.3, 0.4) is 0 Å². The second-order valence-corrected chi connectivity index (χ2v) is 7.35.